The van der Waals surface area contributed by atoms with E-state index in [0.29, 0.717) is 10.9 Å². The maximum atomic E-state index is 11.4. The molecule has 1 aromatic heterocycles. The molecule has 1 N–H and O–H groups in total. The van der Waals surface area contributed by atoms with Crippen LogP contribution in [0.2, 0.25) is 0 Å². The number of likely N-dealkylation sites (tertiary alicyclic amines) is 1. The van der Waals surface area contributed by atoms with Crippen molar-refractivity contribution in [2.24, 2.45) is 5.92 Å². The first-order chi connectivity index (χ1) is 10.6. The first-order valence-corrected chi connectivity index (χ1v) is 9.07. The van der Waals surface area contributed by atoms with E-state index in [-0.39, 0.29) is 5.92 Å². The Morgan fingerprint density at radius 3 is 2.77 bits per heavy atom. The lowest BCUT2D eigenvalue weighted by Gasteiger charge is -2.18. The van der Waals surface area contributed by atoms with E-state index >= 15 is 0 Å². The van der Waals surface area contributed by atoms with Crippen LogP contribution in [0.25, 0.3) is 0 Å². The number of hydrogen-bond donors (Lipinski definition) is 1. The predicted molar refractivity (Wildman–Crippen MR) is 85.8 cm³/mol. The van der Waals surface area contributed by atoms with Crippen LogP contribution >= 0.6 is 0 Å². The third kappa shape index (κ3) is 3.48. The summed E-state index contributed by atoms with van der Waals surface area (Å²) in [5.74, 6) is 0.685. The van der Waals surface area contributed by atoms with Gasteiger partial charge in [-0.05, 0) is 30.7 Å². The zero-order valence-electron chi connectivity index (χ0n) is 12.6. The number of aliphatic hydroxyl groups excluding tert-OH is 1. The minimum absolute atomic E-state index is 0.160. The van der Waals surface area contributed by atoms with Gasteiger partial charge in [0.1, 0.15) is 11.9 Å². The van der Waals surface area contributed by atoms with Gasteiger partial charge >= 0.3 is 0 Å². The van der Waals surface area contributed by atoms with Crippen LogP contribution in [0.5, 0.6) is 0 Å². The molecule has 2 aromatic rings. The minimum atomic E-state index is -1.15. The Hall–Kier alpha value is -1.43. The third-order valence-electron chi connectivity index (χ3n) is 4.18. The van der Waals surface area contributed by atoms with Gasteiger partial charge in [-0.25, -0.2) is 0 Å². The first kappa shape index (κ1) is 15.5. The van der Waals surface area contributed by atoms with E-state index in [4.69, 9.17) is 4.42 Å². The first-order valence-electron chi connectivity index (χ1n) is 7.51. The van der Waals surface area contributed by atoms with E-state index in [0.717, 1.165) is 26.1 Å². The molecule has 1 saturated heterocycles. The summed E-state index contributed by atoms with van der Waals surface area (Å²) < 4.78 is 16.9. The fourth-order valence-corrected chi connectivity index (χ4v) is 3.46. The van der Waals surface area contributed by atoms with Crippen LogP contribution in [0, 0.1) is 5.92 Å². The van der Waals surface area contributed by atoms with E-state index in [9.17, 15) is 9.32 Å². The fraction of sp³-hybridized carbons (Fsp3) is 0.412. The van der Waals surface area contributed by atoms with Gasteiger partial charge in [-0.2, -0.15) is 0 Å². The van der Waals surface area contributed by atoms with Crippen molar-refractivity contribution < 1.29 is 13.7 Å². The normalized spacial score (nSPS) is 21.8. The summed E-state index contributed by atoms with van der Waals surface area (Å²) in [6.07, 6.45) is 1.89. The molecule has 1 aliphatic heterocycles. The Labute approximate surface area is 133 Å². The summed E-state index contributed by atoms with van der Waals surface area (Å²) in [4.78, 5) is 2.35. The average molecular weight is 319 g/mol. The summed E-state index contributed by atoms with van der Waals surface area (Å²) in [6, 6.07) is 13.8. The van der Waals surface area contributed by atoms with Crippen molar-refractivity contribution in [3.8, 4) is 0 Å². The van der Waals surface area contributed by atoms with Crippen LogP contribution in [-0.2, 0) is 17.3 Å². The van der Waals surface area contributed by atoms with Crippen LogP contribution in [0.4, 0.5) is 0 Å². The lowest BCUT2D eigenvalue weighted by molar-refractivity contribution is 0.0843. The summed E-state index contributed by atoms with van der Waals surface area (Å²) in [5, 5.41) is 10.9. The Morgan fingerprint density at radius 2 is 2.09 bits per heavy atom. The lowest BCUT2D eigenvalue weighted by atomic mass is 10.00. The van der Waals surface area contributed by atoms with E-state index in [1.165, 1.54) is 5.56 Å². The highest BCUT2D eigenvalue weighted by Gasteiger charge is 2.31. The van der Waals surface area contributed by atoms with Gasteiger partial charge in [0.2, 0.25) is 0 Å². The number of hydrogen-bond acceptors (Lipinski definition) is 4. The molecule has 3 rings (SSSR count). The van der Waals surface area contributed by atoms with Crippen molar-refractivity contribution in [1.29, 1.82) is 0 Å². The van der Waals surface area contributed by atoms with Crippen molar-refractivity contribution in [2.45, 2.75) is 24.2 Å². The topological polar surface area (TPSA) is 53.7 Å². The molecule has 2 heterocycles. The molecular formula is C17H21NO3S. The quantitative estimate of drug-likeness (QED) is 0.920. The Balaban J connectivity index is 1.60. The van der Waals surface area contributed by atoms with E-state index in [2.05, 4.69) is 17.0 Å². The number of aliphatic hydroxyl groups is 1. The number of nitrogens with zero attached hydrogens (tertiary/aromatic N) is 1. The standard InChI is InChI=1S/C17H21NO3S/c1-22(20)16-8-7-15(21-16)17(19)14-9-10-18(12-14)11-13-5-3-2-4-6-13/h2-8,14,17,19H,9-12H2,1H3. The maximum Gasteiger partial charge on any atom is 0.190 e. The molecular weight excluding hydrogens is 298 g/mol. The Morgan fingerprint density at radius 1 is 1.32 bits per heavy atom. The molecule has 0 radical (unpaired) electrons. The monoisotopic (exact) mass is 319 g/mol. The fourth-order valence-electron chi connectivity index (χ4n) is 2.99. The van der Waals surface area contributed by atoms with E-state index in [1.807, 2.05) is 18.2 Å². The Kier molecular flexibility index (Phi) is 4.76. The van der Waals surface area contributed by atoms with E-state index < -0.39 is 16.9 Å². The SMILES string of the molecule is CS(=O)c1ccc(C(O)C2CCN(Cc3ccccc3)C2)o1. The Bertz CT molecular complexity index is 640. The van der Waals surface area contributed by atoms with Gasteiger partial charge in [0, 0.05) is 25.3 Å². The summed E-state index contributed by atoms with van der Waals surface area (Å²) in [7, 11) is -1.15. The molecule has 22 heavy (non-hydrogen) atoms. The molecule has 0 spiro atoms. The van der Waals surface area contributed by atoms with Crippen molar-refractivity contribution in [1.82, 2.24) is 4.90 Å². The van der Waals surface area contributed by atoms with Crippen LogP contribution in [-0.4, -0.2) is 33.6 Å². The summed E-state index contributed by atoms with van der Waals surface area (Å²) in [6.45, 7) is 2.73. The van der Waals surface area contributed by atoms with Gasteiger partial charge in [0.25, 0.3) is 0 Å². The second kappa shape index (κ2) is 6.77. The smallest absolute Gasteiger partial charge is 0.190 e. The van der Waals surface area contributed by atoms with Gasteiger partial charge in [-0.15, -0.1) is 0 Å². The van der Waals surface area contributed by atoms with Crippen molar-refractivity contribution >= 4 is 10.8 Å². The van der Waals surface area contributed by atoms with Gasteiger partial charge in [-0.3, -0.25) is 9.11 Å². The highest BCUT2D eigenvalue weighted by Crippen LogP contribution is 2.32. The molecule has 1 fully saturated rings. The van der Waals surface area contributed by atoms with Crippen molar-refractivity contribution in [2.75, 3.05) is 19.3 Å². The van der Waals surface area contributed by atoms with Crippen molar-refractivity contribution in [3.63, 3.8) is 0 Å². The average Bonchev–Trinajstić information content (AvgIpc) is 3.17. The zero-order chi connectivity index (χ0) is 15.5. The molecule has 0 bridgehead atoms. The molecule has 4 nitrogen and oxygen atoms in total. The number of furan rings is 1. The number of benzene rings is 1. The minimum Gasteiger partial charge on any atom is -0.450 e. The predicted octanol–water partition coefficient (Wildman–Crippen LogP) is 2.57. The van der Waals surface area contributed by atoms with Crippen LogP contribution in [0.15, 0.2) is 52.0 Å². The van der Waals surface area contributed by atoms with Crippen LogP contribution < -0.4 is 0 Å². The lowest BCUT2D eigenvalue weighted by Crippen LogP contribution is -2.22. The molecule has 0 aliphatic carbocycles. The highest BCUT2D eigenvalue weighted by atomic mass is 32.2. The molecule has 0 saturated carbocycles. The molecule has 1 aliphatic rings. The van der Waals surface area contributed by atoms with Gasteiger partial charge < -0.3 is 9.52 Å². The largest absolute Gasteiger partial charge is 0.450 e. The highest BCUT2D eigenvalue weighted by molar-refractivity contribution is 7.84. The third-order valence-corrected chi connectivity index (χ3v) is 4.97. The maximum absolute atomic E-state index is 11.4. The molecule has 0 amide bonds. The summed E-state index contributed by atoms with van der Waals surface area (Å²) >= 11 is 0. The number of rotatable bonds is 5. The van der Waals surface area contributed by atoms with Crippen LogP contribution in [0.1, 0.15) is 23.8 Å². The second-order valence-electron chi connectivity index (χ2n) is 5.83. The molecule has 5 heteroatoms. The van der Waals surface area contributed by atoms with Gasteiger partial charge in [0.15, 0.2) is 5.09 Å². The van der Waals surface area contributed by atoms with Gasteiger partial charge in [-0.1, -0.05) is 30.3 Å². The van der Waals surface area contributed by atoms with E-state index in [1.54, 1.807) is 18.4 Å². The molecule has 1 aromatic carbocycles. The molecule has 3 atom stereocenters. The molecule has 118 valence electrons. The second-order valence-corrected chi connectivity index (χ2v) is 7.14. The van der Waals surface area contributed by atoms with Crippen LogP contribution in [0.3, 0.4) is 0 Å². The summed E-state index contributed by atoms with van der Waals surface area (Å²) in [5.41, 5.74) is 1.29. The van der Waals surface area contributed by atoms with Gasteiger partial charge in [0.05, 0.1) is 10.8 Å². The van der Waals surface area contributed by atoms with Crippen molar-refractivity contribution in [3.05, 3.63) is 53.8 Å². The zero-order valence-corrected chi connectivity index (χ0v) is 13.5. The molecule has 3 unspecified atom stereocenters.